The van der Waals surface area contributed by atoms with Gasteiger partial charge in [0.15, 0.2) is 5.76 Å². The molecule has 5 heteroatoms. The van der Waals surface area contributed by atoms with Crippen LogP contribution < -0.4 is 4.74 Å². The first kappa shape index (κ1) is 27.6. The summed E-state index contributed by atoms with van der Waals surface area (Å²) >= 11 is 0. The van der Waals surface area contributed by atoms with E-state index in [1.54, 1.807) is 0 Å². The first-order valence-corrected chi connectivity index (χ1v) is 13.5. The zero-order valence-corrected chi connectivity index (χ0v) is 22.6. The number of allylic oxidation sites excluding steroid dienone is 2. The molecule has 5 nitrogen and oxygen atoms in total. The molecule has 0 aliphatic carbocycles. The molecule has 0 saturated carbocycles. The lowest BCUT2D eigenvalue weighted by Gasteiger charge is -2.08. The predicted molar refractivity (Wildman–Crippen MR) is 155 cm³/mol. The van der Waals surface area contributed by atoms with Gasteiger partial charge in [-0.05, 0) is 55.5 Å². The molecule has 0 atom stereocenters. The van der Waals surface area contributed by atoms with Gasteiger partial charge in [0.2, 0.25) is 5.89 Å². The molecule has 0 radical (unpaired) electrons. The number of nitrogens with zero attached hydrogens (tertiary/aromatic N) is 1. The molecule has 0 bridgehead atoms. The minimum atomic E-state index is -0.261. The molecule has 0 N–H and O–H groups in total. The normalized spacial score (nSPS) is 11.6. The summed E-state index contributed by atoms with van der Waals surface area (Å²) in [6.45, 7) is 4.72. The molecule has 4 aromatic rings. The van der Waals surface area contributed by atoms with E-state index < -0.39 is 0 Å². The number of carbonyl (C=O) groups excluding carboxylic acids is 1. The molecule has 0 amide bonds. The van der Waals surface area contributed by atoms with E-state index in [4.69, 9.17) is 18.9 Å². The maximum absolute atomic E-state index is 12.3. The van der Waals surface area contributed by atoms with Crippen LogP contribution in [-0.4, -0.2) is 17.6 Å². The lowest BCUT2D eigenvalue weighted by Crippen LogP contribution is -2.08. The van der Waals surface area contributed by atoms with Crippen LogP contribution in [0.15, 0.2) is 113 Å². The van der Waals surface area contributed by atoms with Crippen molar-refractivity contribution in [2.75, 3.05) is 6.61 Å². The summed E-state index contributed by atoms with van der Waals surface area (Å²) in [5.41, 5.74) is 4.41. The van der Waals surface area contributed by atoms with E-state index in [-0.39, 0.29) is 12.6 Å². The van der Waals surface area contributed by atoms with E-state index in [9.17, 15) is 4.79 Å². The number of oxazole rings is 1. The SMILES string of the molecule is CC/C=C\C(=C/CC)C(=O)OCCCc1ccc(OCc2nc(-c3ccccc3)oc2-c2ccccc2)cc1. The minimum Gasteiger partial charge on any atom is -0.487 e. The molecule has 200 valence electrons. The predicted octanol–water partition coefficient (Wildman–Crippen LogP) is 8.37. The molecule has 0 aliphatic heterocycles. The third-order valence-corrected chi connectivity index (χ3v) is 6.09. The topological polar surface area (TPSA) is 61.6 Å². The van der Waals surface area contributed by atoms with E-state index in [1.807, 2.05) is 117 Å². The number of hydrogen-bond acceptors (Lipinski definition) is 5. The Kier molecular flexibility index (Phi) is 10.3. The molecule has 1 aromatic heterocycles. The molecule has 0 aliphatic rings. The largest absolute Gasteiger partial charge is 0.487 e. The molecule has 3 aromatic carbocycles. The average Bonchev–Trinajstić information content (AvgIpc) is 3.42. The van der Waals surface area contributed by atoms with Gasteiger partial charge in [-0.2, -0.15) is 0 Å². The van der Waals surface area contributed by atoms with E-state index in [0.717, 1.165) is 53.8 Å². The maximum atomic E-state index is 12.3. The molecule has 0 saturated heterocycles. The fraction of sp³-hybridized carbons (Fsp3) is 0.235. The molecular weight excluding hydrogens is 486 g/mol. The Balaban J connectivity index is 1.33. The van der Waals surface area contributed by atoms with Crippen molar-refractivity contribution in [3.05, 3.63) is 120 Å². The third kappa shape index (κ3) is 8.05. The van der Waals surface area contributed by atoms with Crippen molar-refractivity contribution in [1.29, 1.82) is 0 Å². The van der Waals surface area contributed by atoms with Crippen molar-refractivity contribution in [2.45, 2.75) is 46.1 Å². The lowest BCUT2D eigenvalue weighted by molar-refractivity contribution is -0.138. The summed E-state index contributed by atoms with van der Waals surface area (Å²) < 4.78 is 17.7. The summed E-state index contributed by atoms with van der Waals surface area (Å²) in [5, 5.41) is 0. The van der Waals surface area contributed by atoms with Crippen LogP contribution in [0.1, 0.15) is 44.4 Å². The third-order valence-electron chi connectivity index (χ3n) is 6.09. The molecule has 0 fully saturated rings. The van der Waals surface area contributed by atoms with Gasteiger partial charge in [0.05, 0.1) is 12.2 Å². The van der Waals surface area contributed by atoms with Crippen LogP contribution in [-0.2, 0) is 22.6 Å². The van der Waals surface area contributed by atoms with Crippen LogP contribution >= 0.6 is 0 Å². The summed E-state index contributed by atoms with van der Waals surface area (Å²) in [6, 6.07) is 27.8. The van der Waals surface area contributed by atoms with Crippen molar-refractivity contribution in [1.82, 2.24) is 4.98 Å². The van der Waals surface area contributed by atoms with Crippen molar-refractivity contribution >= 4 is 5.97 Å². The number of hydrogen-bond donors (Lipinski definition) is 0. The zero-order chi connectivity index (χ0) is 27.3. The van der Waals surface area contributed by atoms with Crippen LogP contribution in [0.4, 0.5) is 0 Å². The van der Waals surface area contributed by atoms with Gasteiger partial charge in [-0.1, -0.05) is 92.7 Å². The Morgan fingerprint density at radius 2 is 1.56 bits per heavy atom. The van der Waals surface area contributed by atoms with Gasteiger partial charge in [0, 0.05) is 11.1 Å². The number of aromatic nitrogens is 1. The first-order chi connectivity index (χ1) is 19.2. The molecule has 39 heavy (non-hydrogen) atoms. The average molecular weight is 522 g/mol. The number of esters is 1. The van der Waals surface area contributed by atoms with Crippen LogP contribution in [0.25, 0.3) is 22.8 Å². The summed E-state index contributed by atoms with van der Waals surface area (Å²) in [5.74, 6) is 1.78. The lowest BCUT2D eigenvalue weighted by atomic mass is 10.1. The minimum absolute atomic E-state index is 0.261. The van der Waals surface area contributed by atoms with Gasteiger partial charge in [-0.3, -0.25) is 0 Å². The van der Waals surface area contributed by atoms with E-state index in [1.165, 1.54) is 0 Å². The van der Waals surface area contributed by atoms with Gasteiger partial charge < -0.3 is 13.9 Å². The Morgan fingerprint density at radius 3 is 2.23 bits per heavy atom. The van der Waals surface area contributed by atoms with Crippen LogP contribution in [0, 0.1) is 0 Å². The Hall–Kier alpha value is -4.38. The van der Waals surface area contributed by atoms with E-state index >= 15 is 0 Å². The van der Waals surface area contributed by atoms with Crippen molar-refractivity contribution in [3.63, 3.8) is 0 Å². The second-order valence-corrected chi connectivity index (χ2v) is 9.08. The maximum Gasteiger partial charge on any atom is 0.337 e. The molecule has 4 rings (SSSR count). The van der Waals surface area contributed by atoms with Gasteiger partial charge in [0.1, 0.15) is 18.1 Å². The first-order valence-electron chi connectivity index (χ1n) is 13.5. The Morgan fingerprint density at radius 1 is 0.872 bits per heavy atom. The number of aryl methyl sites for hydroxylation is 1. The number of carbonyl (C=O) groups is 1. The van der Waals surface area contributed by atoms with E-state index in [0.29, 0.717) is 23.8 Å². The number of rotatable bonds is 13. The van der Waals surface area contributed by atoms with Crippen LogP contribution in [0.3, 0.4) is 0 Å². The van der Waals surface area contributed by atoms with Gasteiger partial charge in [-0.15, -0.1) is 0 Å². The van der Waals surface area contributed by atoms with Crippen molar-refractivity contribution in [2.24, 2.45) is 0 Å². The highest BCUT2D eigenvalue weighted by atomic mass is 16.5. The van der Waals surface area contributed by atoms with E-state index in [2.05, 4.69) is 0 Å². The number of ether oxygens (including phenoxy) is 2. The fourth-order valence-electron chi connectivity index (χ4n) is 4.08. The van der Waals surface area contributed by atoms with Crippen molar-refractivity contribution < 1.29 is 18.7 Å². The second kappa shape index (κ2) is 14.5. The quantitative estimate of drug-likeness (QED) is 0.0765. The fourth-order valence-corrected chi connectivity index (χ4v) is 4.08. The van der Waals surface area contributed by atoms with Crippen LogP contribution in [0.2, 0.25) is 0 Å². The van der Waals surface area contributed by atoms with Gasteiger partial charge in [-0.25, -0.2) is 9.78 Å². The summed E-state index contributed by atoms with van der Waals surface area (Å²) in [6.07, 6.45) is 8.96. The highest BCUT2D eigenvalue weighted by Crippen LogP contribution is 2.30. The highest BCUT2D eigenvalue weighted by Gasteiger charge is 2.17. The molecular formula is C34H35NO4. The standard InChI is InChI=1S/C34H35NO4/c1-3-5-15-29(13-4-2)34(36)37-24-12-14-26-20-22-30(23-21-26)38-25-31-32(27-16-8-6-9-17-27)39-33(35-31)28-18-10-7-11-19-28/h5-11,13,15-23H,3-4,12,14,24-25H2,1-2H3/b15-5-,29-13+. The molecule has 0 unspecified atom stereocenters. The van der Waals surface area contributed by atoms with Gasteiger partial charge >= 0.3 is 5.97 Å². The van der Waals surface area contributed by atoms with Gasteiger partial charge in [0.25, 0.3) is 0 Å². The zero-order valence-electron chi connectivity index (χ0n) is 22.6. The smallest absolute Gasteiger partial charge is 0.337 e. The summed E-state index contributed by atoms with van der Waals surface area (Å²) in [7, 11) is 0. The highest BCUT2D eigenvalue weighted by molar-refractivity contribution is 5.91. The van der Waals surface area contributed by atoms with Crippen LogP contribution in [0.5, 0.6) is 5.75 Å². The Bertz CT molecular complexity index is 1370. The molecule has 0 spiro atoms. The second-order valence-electron chi connectivity index (χ2n) is 9.08. The monoisotopic (exact) mass is 521 g/mol. The summed E-state index contributed by atoms with van der Waals surface area (Å²) in [4.78, 5) is 17.1. The Labute approximate surface area is 230 Å². The van der Waals surface area contributed by atoms with Crippen molar-refractivity contribution in [3.8, 4) is 28.5 Å². The molecule has 1 heterocycles. The number of benzene rings is 3.